The van der Waals surface area contributed by atoms with Gasteiger partial charge in [-0.15, -0.1) is 6.54 Å². The van der Waals surface area contributed by atoms with Gasteiger partial charge in [0, 0.05) is 24.9 Å². The van der Waals surface area contributed by atoms with Gasteiger partial charge < -0.3 is 19.7 Å². The van der Waals surface area contributed by atoms with Gasteiger partial charge >= 0.3 is 21.1 Å². The van der Waals surface area contributed by atoms with Crippen LogP contribution in [-0.4, -0.2) is 35.9 Å². The Morgan fingerprint density at radius 1 is 1.57 bits per heavy atom. The van der Waals surface area contributed by atoms with Crippen molar-refractivity contribution in [1.29, 1.82) is 0 Å². The van der Waals surface area contributed by atoms with E-state index in [1.165, 1.54) is 24.9 Å². The minimum atomic E-state index is 0. The van der Waals surface area contributed by atoms with Crippen molar-refractivity contribution >= 4 is 5.91 Å². The van der Waals surface area contributed by atoms with Gasteiger partial charge in [0.25, 0.3) is 0 Å². The summed E-state index contributed by atoms with van der Waals surface area (Å²) >= 11 is 0. The van der Waals surface area contributed by atoms with Gasteiger partial charge in [0.2, 0.25) is 5.91 Å². The van der Waals surface area contributed by atoms with Crippen LogP contribution in [0.15, 0.2) is 24.5 Å². The average molecular weight is 461 g/mol. The fraction of sp³-hybridized carbons (Fsp3) is 0.500. The maximum absolute atomic E-state index is 10.3. The van der Waals surface area contributed by atoms with E-state index < -0.39 is 0 Å². The van der Waals surface area contributed by atoms with Crippen LogP contribution in [0.1, 0.15) is 37.8 Å². The van der Waals surface area contributed by atoms with Gasteiger partial charge in [0.05, 0.1) is 0 Å². The largest absolute Gasteiger partial charge is 2.00 e. The molecule has 0 bridgehead atoms. The Bertz CT molecular complexity index is 373. The Labute approximate surface area is 144 Å². The molecular weight excluding hydrogens is 434 g/mol. The Balaban J connectivity index is 0. The number of likely N-dealkylation sites (tertiary alicyclic amines) is 1. The van der Waals surface area contributed by atoms with Crippen LogP contribution in [0.25, 0.3) is 0 Å². The molecule has 1 atom stereocenters. The van der Waals surface area contributed by atoms with E-state index in [4.69, 9.17) is 0 Å². The number of nitrogens with one attached hydrogen (secondary N) is 1. The van der Waals surface area contributed by atoms with Gasteiger partial charge in [-0.05, 0) is 38.1 Å². The van der Waals surface area contributed by atoms with Gasteiger partial charge in [-0.25, -0.2) is 0 Å². The maximum Gasteiger partial charge on any atom is 2.00 e. The summed E-state index contributed by atoms with van der Waals surface area (Å²) in [6.07, 6.45) is 6.96. The summed E-state index contributed by atoms with van der Waals surface area (Å²) < 4.78 is 0. The van der Waals surface area contributed by atoms with Crippen LogP contribution in [0.4, 0.5) is 0 Å². The second-order valence-corrected chi connectivity index (χ2v) is 4.63. The van der Waals surface area contributed by atoms with Gasteiger partial charge in [-0.1, -0.05) is 13.0 Å². The first-order valence-electron chi connectivity index (χ1n) is 6.85. The minimum Gasteiger partial charge on any atom is -0.386 e. The number of carbonyl (C=O) groups is 1. The maximum atomic E-state index is 10.3. The number of rotatable bonds is 3. The Morgan fingerprint density at radius 3 is 2.67 bits per heavy atom. The molecule has 0 aromatic carbocycles. The molecule has 4 nitrogen and oxygen atoms in total. The molecule has 1 aliphatic heterocycles. The molecule has 0 unspecified atom stereocenters. The number of hydrogen-bond acceptors (Lipinski definition) is 3. The molecule has 0 aliphatic carbocycles. The first kappa shape index (κ1) is 22.5. The molecule has 1 saturated heterocycles. The predicted molar refractivity (Wildman–Crippen MR) is 83.9 cm³/mol. The zero-order chi connectivity index (χ0) is 14.1. The van der Waals surface area contributed by atoms with Crippen molar-refractivity contribution in [2.45, 2.75) is 32.2 Å². The van der Waals surface area contributed by atoms with Crippen molar-refractivity contribution in [3.05, 3.63) is 44.4 Å². The molecule has 1 N–H and O–H groups in total. The molecular formula is C16H27N3OW. The third kappa shape index (κ3) is 8.33. The summed E-state index contributed by atoms with van der Waals surface area (Å²) in [5, 5.41) is 2.55. The molecule has 1 aromatic heterocycles. The van der Waals surface area contributed by atoms with Crippen LogP contribution in [-0.2, 0) is 25.9 Å². The molecule has 21 heavy (non-hydrogen) atoms. The molecule has 5 heteroatoms. The normalized spacial score (nSPS) is 16.8. The SMILES string of the molecule is CN1CCC[C@H]1c1cccnc1.[CH2-]CNC(=O)CC.[CH3-].[W+2]. The summed E-state index contributed by atoms with van der Waals surface area (Å²) in [4.78, 5) is 16.8. The van der Waals surface area contributed by atoms with Crippen LogP contribution >= 0.6 is 0 Å². The number of hydrogen-bond donors (Lipinski definition) is 1. The van der Waals surface area contributed by atoms with Gasteiger partial charge in [-0.3, -0.25) is 14.7 Å². The molecule has 1 fully saturated rings. The summed E-state index contributed by atoms with van der Waals surface area (Å²) in [7, 11) is 2.19. The first-order chi connectivity index (χ1) is 9.19. The zero-order valence-electron chi connectivity index (χ0n) is 13.3. The summed E-state index contributed by atoms with van der Waals surface area (Å²) in [5.74, 6) is 0.0648. The van der Waals surface area contributed by atoms with Crippen LogP contribution in [0.3, 0.4) is 0 Å². The van der Waals surface area contributed by atoms with Crippen molar-refractivity contribution in [2.24, 2.45) is 0 Å². The van der Waals surface area contributed by atoms with E-state index in [-0.39, 0.29) is 34.4 Å². The molecule has 2 heterocycles. The first-order valence-corrected chi connectivity index (χ1v) is 6.85. The van der Waals surface area contributed by atoms with Crippen molar-refractivity contribution in [3.8, 4) is 0 Å². The molecule has 0 radical (unpaired) electrons. The van der Waals surface area contributed by atoms with E-state index >= 15 is 0 Å². The fourth-order valence-electron chi connectivity index (χ4n) is 2.17. The van der Waals surface area contributed by atoms with E-state index in [1.54, 1.807) is 0 Å². The molecule has 1 aromatic rings. The van der Waals surface area contributed by atoms with Crippen LogP contribution < -0.4 is 5.32 Å². The van der Waals surface area contributed by atoms with E-state index in [2.05, 4.69) is 35.2 Å². The van der Waals surface area contributed by atoms with E-state index in [0.717, 1.165) is 0 Å². The Morgan fingerprint density at radius 2 is 2.29 bits per heavy atom. The second-order valence-electron chi connectivity index (χ2n) is 4.63. The molecule has 0 spiro atoms. The number of nitrogens with zero attached hydrogens (tertiary/aromatic N) is 2. The topological polar surface area (TPSA) is 45.2 Å². The molecule has 118 valence electrons. The minimum absolute atomic E-state index is 0. The zero-order valence-corrected chi connectivity index (χ0v) is 16.3. The third-order valence-electron chi connectivity index (χ3n) is 3.23. The molecule has 1 aliphatic rings. The predicted octanol–water partition coefficient (Wildman–Crippen LogP) is 2.64. The monoisotopic (exact) mass is 461 g/mol. The van der Waals surface area contributed by atoms with Gasteiger partial charge in [-0.2, -0.15) is 0 Å². The number of carbonyl (C=O) groups excluding carboxylic acids is 1. The Hall–Kier alpha value is -0.732. The van der Waals surface area contributed by atoms with E-state index in [1.807, 2.05) is 25.4 Å². The second kappa shape index (κ2) is 13.0. The van der Waals surface area contributed by atoms with Crippen molar-refractivity contribution in [3.63, 3.8) is 0 Å². The van der Waals surface area contributed by atoms with Crippen LogP contribution in [0.2, 0.25) is 0 Å². The van der Waals surface area contributed by atoms with Gasteiger partial charge in [0.15, 0.2) is 0 Å². The Kier molecular flexibility index (Phi) is 13.9. The molecule has 0 saturated carbocycles. The number of aromatic nitrogens is 1. The van der Waals surface area contributed by atoms with Gasteiger partial charge in [0.1, 0.15) is 0 Å². The van der Waals surface area contributed by atoms with Crippen molar-refractivity contribution < 1.29 is 25.9 Å². The van der Waals surface area contributed by atoms with Crippen LogP contribution in [0.5, 0.6) is 0 Å². The number of pyridine rings is 1. The molecule has 2 rings (SSSR count). The number of amides is 1. The average Bonchev–Trinajstić information content (AvgIpc) is 2.87. The third-order valence-corrected chi connectivity index (χ3v) is 3.23. The van der Waals surface area contributed by atoms with Crippen LogP contribution in [0, 0.1) is 14.4 Å². The summed E-state index contributed by atoms with van der Waals surface area (Å²) in [6, 6.07) is 4.79. The molecule has 1 amide bonds. The van der Waals surface area contributed by atoms with Crippen molar-refractivity contribution in [2.75, 3.05) is 20.1 Å². The van der Waals surface area contributed by atoms with Crippen molar-refractivity contribution in [1.82, 2.24) is 15.2 Å². The smallest absolute Gasteiger partial charge is 0.386 e. The summed E-state index contributed by atoms with van der Waals surface area (Å²) in [6.45, 7) is 6.97. The van der Waals surface area contributed by atoms with E-state index in [0.29, 0.717) is 19.0 Å². The summed E-state index contributed by atoms with van der Waals surface area (Å²) in [5.41, 5.74) is 1.36. The fourth-order valence-corrected chi connectivity index (χ4v) is 2.17. The standard InChI is InChI=1S/C10H14N2.C5H10NO.CH3.W/c1-12-7-3-5-10(12)9-4-2-6-11-8-9;1-3-5(7)6-4-2;;/h2,4,6,8,10H,3,5,7H2,1H3;2-4H2,1H3,(H,6,7);1H3;/q;2*-1;+2/t10-;;;/m0.../s1. The van der Waals surface area contributed by atoms with E-state index in [9.17, 15) is 4.79 Å². The quantitative estimate of drug-likeness (QED) is 0.705.